The van der Waals surface area contributed by atoms with Crippen molar-refractivity contribution in [2.24, 2.45) is 16.0 Å². The standard InChI is InChI=1S/C17H24FN3O3S/c1-17(2,3)25(23)20-9-13-8-14(18)4-5-15(13)21-7-6-12(10-21)11-24-16(19)22/h4-5,8-9,12H,6-7,10-11H2,1-3H3,(H2,19,22)/b20-9+/t12-,25+/m0/s1. The van der Waals surface area contributed by atoms with Crippen LogP contribution in [0.25, 0.3) is 0 Å². The normalized spacial score (nSPS) is 19.4. The van der Waals surface area contributed by atoms with Crippen molar-refractivity contribution in [2.45, 2.75) is 31.9 Å². The van der Waals surface area contributed by atoms with E-state index in [9.17, 15) is 13.7 Å². The van der Waals surface area contributed by atoms with Crippen LogP contribution in [0, 0.1) is 11.7 Å². The maximum Gasteiger partial charge on any atom is 0.404 e. The Bertz CT molecular complexity index is 649. The second-order valence-corrected chi connectivity index (χ2v) is 8.96. The van der Waals surface area contributed by atoms with Crippen molar-refractivity contribution in [3.8, 4) is 0 Å². The lowest BCUT2D eigenvalue weighted by Crippen LogP contribution is -2.26. The highest BCUT2D eigenvalue weighted by molar-refractivity contribution is 7.91. The van der Waals surface area contributed by atoms with Crippen LogP contribution in [-0.2, 0) is 16.1 Å². The van der Waals surface area contributed by atoms with Gasteiger partial charge in [0.2, 0.25) is 0 Å². The molecule has 0 saturated carbocycles. The highest BCUT2D eigenvalue weighted by Gasteiger charge is 2.27. The summed E-state index contributed by atoms with van der Waals surface area (Å²) in [6, 6.07) is 4.46. The zero-order valence-corrected chi connectivity index (χ0v) is 15.5. The second-order valence-electron chi connectivity index (χ2n) is 7.03. The van der Waals surface area contributed by atoms with E-state index < -0.39 is 22.2 Å². The van der Waals surface area contributed by atoms with Crippen molar-refractivity contribution in [1.29, 1.82) is 0 Å². The molecule has 1 heterocycles. The number of ether oxygens (including phenoxy) is 1. The summed E-state index contributed by atoms with van der Waals surface area (Å²) in [5, 5.41) is 0. The summed E-state index contributed by atoms with van der Waals surface area (Å²) in [6.45, 7) is 7.18. The molecule has 1 aliphatic rings. The maximum atomic E-state index is 13.7. The van der Waals surface area contributed by atoms with Crippen LogP contribution >= 0.6 is 0 Å². The number of nitrogens with zero attached hydrogens (tertiary/aromatic N) is 2. The first-order valence-electron chi connectivity index (χ1n) is 8.09. The number of halogens is 1. The van der Waals surface area contributed by atoms with Crippen LogP contribution in [0.1, 0.15) is 32.8 Å². The average molecular weight is 369 g/mol. The summed E-state index contributed by atoms with van der Waals surface area (Å²) in [6.07, 6.45) is 1.53. The Balaban J connectivity index is 2.14. The molecular formula is C17H24FN3O3S. The molecule has 1 amide bonds. The van der Waals surface area contributed by atoms with Gasteiger partial charge in [0, 0.05) is 30.3 Å². The lowest BCUT2D eigenvalue weighted by atomic mass is 10.1. The van der Waals surface area contributed by atoms with Gasteiger partial charge in [-0.2, -0.15) is 0 Å². The number of amides is 1. The van der Waals surface area contributed by atoms with E-state index in [2.05, 4.69) is 9.30 Å². The molecule has 0 unspecified atom stereocenters. The summed E-state index contributed by atoms with van der Waals surface area (Å²) in [5.41, 5.74) is 6.39. The minimum Gasteiger partial charge on any atom is -0.591 e. The van der Waals surface area contributed by atoms with Crippen molar-refractivity contribution in [3.05, 3.63) is 29.6 Å². The first-order valence-corrected chi connectivity index (χ1v) is 9.20. The van der Waals surface area contributed by atoms with Crippen LogP contribution in [0.2, 0.25) is 0 Å². The number of hydrogen-bond donors (Lipinski definition) is 1. The predicted octanol–water partition coefficient (Wildman–Crippen LogP) is 2.63. The van der Waals surface area contributed by atoms with Gasteiger partial charge in [-0.15, -0.1) is 0 Å². The van der Waals surface area contributed by atoms with Gasteiger partial charge in [0.05, 0.1) is 12.8 Å². The molecule has 1 saturated heterocycles. The fourth-order valence-electron chi connectivity index (χ4n) is 2.57. The van der Waals surface area contributed by atoms with E-state index in [0.717, 1.165) is 18.7 Å². The fraction of sp³-hybridized carbons (Fsp3) is 0.529. The Hall–Kier alpha value is -1.80. The van der Waals surface area contributed by atoms with Gasteiger partial charge in [0.1, 0.15) is 21.9 Å². The van der Waals surface area contributed by atoms with E-state index in [1.54, 1.807) is 6.07 Å². The van der Waals surface area contributed by atoms with Gasteiger partial charge < -0.3 is 19.9 Å². The minimum absolute atomic E-state index is 0.172. The van der Waals surface area contributed by atoms with Gasteiger partial charge in [-0.25, -0.2) is 9.18 Å². The number of nitrogens with two attached hydrogens (primary N) is 1. The lowest BCUT2D eigenvalue weighted by Gasteiger charge is -2.21. The van der Waals surface area contributed by atoms with Crippen LogP contribution in [0.4, 0.5) is 14.9 Å². The van der Waals surface area contributed by atoms with E-state index in [0.29, 0.717) is 12.1 Å². The molecule has 2 rings (SSSR count). The molecular weight excluding hydrogens is 345 g/mol. The number of anilines is 1. The number of hydrogen-bond acceptors (Lipinski definition) is 5. The Morgan fingerprint density at radius 2 is 2.28 bits per heavy atom. The smallest absolute Gasteiger partial charge is 0.404 e. The lowest BCUT2D eigenvalue weighted by molar-refractivity contribution is 0.140. The molecule has 0 spiro atoms. The van der Waals surface area contributed by atoms with Gasteiger partial charge in [0.15, 0.2) is 0 Å². The molecule has 6 nitrogen and oxygen atoms in total. The van der Waals surface area contributed by atoms with Gasteiger partial charge in [-0.05, 0) is 45.4 Å². The first kappa shape index (κ1) is 19.5. The minimum atomic E-state index is -1.41. The summed E-state index contributed by atoms with van der Waals surface area (Å²) < 4.78 is 34.2. The van der Waals surface area contributed by atoms with E-state index in [-0.39, 0.29) is 18.3 Å². The van der Waals surface area contributed by atoms with Crippen molar-refractivity contribution in [1.82, 2.24) is 0 Å². The second kappa shape index (κ2) is 8.05. The number of primary amides is 1. The average Bonchev–Trinajstić information content (AvgIpc) is 2.98. The topological polar surface area (TPSA) is 91.0 Å². The van der Waals surface area contributed by atoms with Crippen LogP contribution in [0.15, 0.2) is 22.6 Å². The number of carbonyl (C=O) groups excluding carboxylic acids is 1. The number of benzene rings is 1. The summed E-state index contributed by atoms with van der Waals surface area (Å²) in [7, 11) is 0. The molecule has 8 heteroatoms. The third-order valence-corrected chi connectivity index (χ3v) is 5.23. The molecule has 0 aliphatic carbocycles. The highest BCUT2D eigenvalue weighted by Crippen LogP contribution is 2.28. The maximum absolute atomic E-state index is 13.7. The number of carbonyl (C=O) groups is 1. The molecule has 1 aliphatic heterocycles. The Morgan fingerprint density at radius 3 is 2.92 bits per heavy atom. The molecule has 1 aromatic rings. The van der Waals surface area contributed by atoms with Crippen molar-refractivity contribution in [3.63, 3.8) is 0 Å². The fourth-order valence-corrected chi connectivity index (χ4v) is 3.09. The van der Waals surface area contributed by atoms with Gasteiger partial charge in [-0.1, -0.05) is 4.40 Å². The zero-order chi connectivity index (χ0) is 18.6. The van der Waals surface area contributed by atoms with Crippen molar-refractivity contribution < 1.29 is 18.5 Å². The van der Waals surface area contributed by atoms with Crippen molar-refractivity contribution in [2.75, 3.05) is 24.6 Å². The van der Waals surface area contributed by atoms with Crippen LogP contribution in [0.5, 0.6) is 0 Å². The van der Waals surface area contributed by atoms with Crippen LogP contribution in [-0.4, -0.2) is 41.3 Å². The highest BCUT2D eigenvalue weighted by atomic mass is 32.2. The van der Waals surface area contributed by atoms with Crippen molar-refractivity contribution >= 4 is 29.4 Å². The Kier molecular flexibility index (Phi) is 6.29. The molecule has 1 aromatic carbocycles. The molecule has 0 bridgehead atoms. The largest absolute Gasteiger partial charge is 0.591 e. The molecule has 2 atom stereocenters. The van der Waals surface area contributed by atoms with Crippen LogP contribution in [0.3, 0.4) is 0 Å². The van der Waals surface area contributed by atoms with E-state index >= 15 is 0 Å². The number of rotatable bonds is 5. The first-order chi connectivity index (χ1) is 11.7. The summed E-state index contributed by atoms with van der Waals surface area (Å²) in [5.74, 6) is -0.203. The third kappa shape index (κ3) is 5.61. The quantitative estimate of drug-likeness (QED) is 0.638. The SMILES string of the molecule is CC(C)(C)[S@@+]([O-])/N=C/c1cc(F)ccc1N1CC[C@H](COC(N)=O)C1. The third-order valence-electron chi connectivity index (χ3n) is 3.89. The molecule has 25 heavy (non-hydrogen) atoms. The van der Waals surface area contributed by atoms with E-state index in [4.69, 9.17) is 10.5 Å². The molecule has 1 fully saturated rings. The zero-order valence-electron chi connectivity index (χ0n) is 14.7. The Morgan fingerprint density at radius 1 is 1.56 bits per heavy atom. The molecule has 138 valence electrons. The molecule has 2 N–H and O–H groups in total. The summed E-state index contributed by atoms with van der Waals surface area (Å²) in [4.78, 5) is 12.8. The van der Waals surface area contributed by atoms with Gasteiger partial charge >= 0.3 is 6.09 Å². The van der Waals surface area contributed by atoms with Gasteiger partial charge in [0.25, 0.3) is 0 Å². The van der Waals surface area contributed by atoms with E-state index in [1.807, 2.05) is 20.8 Å². The Labute approximate surface area is 150 Å². The predicted molar refractivity (Wildman–Crippen MR) is 97.7 cm³/mol. The van der Waals surface area contributed by atoms with E-state index in [1.165, 1.54) is 18.3 Å². The summed E-state index contributed by atoms with van der Waals surface area (Å²) >= 11 is -1.41. The van der Waals surface area contributed by atoms with Crippen LogP contribution < -0.4 is 10.6 Å². The molecule has 0 aromatic heterocycles. The van der Waals surface area contributed by atoms with Gasteiger partial charge in [-0.3, -0.25) is 0 Å². The molecule has 0 radical (unpaired) electrons. The monoisotopic (exact) mass is 369 g/mol.